The van der Waals surface area contributed by atoms with Gasteiger partial charge in [0.2, 0.25) is 5.91 Å². The molecule has 1 amide bonds. The molecule has 0 bridgehead atoms. The van der Waals surface area contributed by atoms with Crippen LogP contribution in [0.15, 0.2) is 65.7 Å². The molecule has 0 saturated carbocycles. The van der Waals surface area contributed by atoms with E-state index in [4.69, 9.17) is 0 Å². The minimum Gasteiger partial charge on any atom is -0.324 e. The second kappa shape index (κ2) is 7.64. The monoisotopic (exact) mass is 403 g/mol. The number of para-hydroxylation sites is 1. The molecule has 0 fully saturated rings. The van der Waals surface area contributed by atoms with E-state index in [2.05, 4.69) is 10.3 Å². The van der Waals surface area contributed by atoms with E-state index in [1.807, 2.05) is 68.4 Å². The number of carbonyl (C=O) groups excluding carboxylic acids is 1. The van der Waals surface area contributed by atoms with Gasteiger partial charge in [0, 0.05) is 16.1 Å². The highest BCUT2D eigenvalue weighted by molar-refractivity contribution is 7.19. The van der Waals surface area contributed by atoms with Crippen molar-refractivity contribution < 1.29 is 4.79 Å². The molecule has 5 nitrogen and oxygen atoms in total. The number of fused-ring (bicyclic) bond motifs is 1. The van der Waals surface area contributed by atoms with Crippen LogP contribution >= 0.6 is 11.3 Å². The summed E-state index contributed by atoms with van der Waals surface area (Å²) >= 11 is 1.50. The summed E-state index contributed by atoms with van der Waals surface area (Å²) in [7, 11) is 0. The predicted molar refractivity (Wildman–Crippen MR) is 119 cm³/mol. The normalized spacial score (nSPS) is 12.1. The molecule has 0 saturated heterocycles. The molecule has 0 spiro atoms. The number of rotatable bonds is 4. The lowest BCUT2D eigenvalue weighted by molar-refractivity contribution is -0.118. The van der Waals surface area contributed by atoms with Gasteiger partial charge in [-0.2, -0.15) is 0 Å². The number of anilines is 1. The quantitative estimate of drug-likeness (QED) is 0.525. The molecule has 0 radical (unpaired) electrons. The fourth-order valence-corrected chi connectivity index (χ4v) is 4.36. The summed E-state index contributed by atoms with van der Waals surface area (Å²) in [6, 6.07) is 16.6. The summed E-state index contributed by atoms with van der Waals surface area (Å²) in [5.41, 5.74) is 3.53. The fourth-order valence-electron chi connectivity index (χ4n) is 3.35. The van der Waals surface area contributed by atoms with Crippen LogP contribution in [0.25, 0.3) is 21.3 Å². The van der Waals surface area contributed by atoms with Crippen LogP contribution in [0.5, 0.6) is 0 Å². The third-order valence-corrected chi connectivity index (χ3v) is 6.00. The second-order valence-electron chi connectivity index (χ2n) is 7.07. The first-order valence-electron chi connectivity index (χ1n) is 9.39. The number of aryl methyl sites for hydroxylation is 2. The van der Waals surface area contributed by atoms with E-state index in [0.29, 0.717) is 15.9 Å². The Labute approximate surface area is 172 Å². The number of aromatic nitrogens is 2. The number of nitrogens with one attached hydrogen (secondary N) is 1. The highest BCUT2D eigenvalue weighted by atomic mass is 32.1. The summed E-state index contributed by atoms with van der Waals surface area (Å²) in [4.78, 5) is 32.3. The van der Waals surface area contributed by atoms with Gasteiger partial charge in [-0.15, -0.1) is 11.3 Å². The van der Waals surface area contributed by atoms with Gasteiger partial charge in [-0.25, -0.2) is 4.98 Å². The van der Waals surface area contributed by atoms with Crippen LogP contribution in [-0.4, -0.2) is 15.5 Å². The number of benzene rings is 2. The molecule has 4 aromatic rings. The lowest BCUT2D eigenvalue weighted by Crippen LogP contribution is -2.31. The standard InChI is InChI=1S/C23H21N3O2S/c1-14-9-11-17(12-10-14)19-16(3)29-22-20(19)23(28)26(13-24-22)15(2)21(27)25-18-7-5-4-6-8-18/h4-13,15H,1-3H3,(H,25,27). The Morgan fingerprint density at radius 2 is 1.76 bits per heavy atom. The van der Waals surface area contributed by atoms with Gasteiger partial charge >= 0.3 is 0 Å². The third-order valence-electron chi connectivity index (χ3n) is 4.99. The number of thiophene rings is 1. The molecular formula is C23H21N3O2S. The van der Waals surface area contributed by atoms with Crippen molar-refractivity contribution in [2.75, 3.05) is 5.32 Å². The minimum atomic E-state index is -0.689. The Morgan fingerprint density at radius 3 is 2.45 bits per heavy atom. The topological polar surface area (TPSA) is 64.0 Å². The van der Waals surface area contributed by atoms with E-state index >= 15 is 0 Å². The molecule has 1 unspecified atom stereocenters. The molecule has 0 aliphatic heterocycles. The van der Waals surface area contributed by atoms with Gasteiger partial charge in [0.15, 0.2) is 0 Å². The summed E-state index contributed by atoms with van der Waals surface area (Å²) in [5.74, 6) is -0.261. The molecule has 2 aromatic heterocycles. The highest BCUT2D eigenvalue weighted by Gasteiger charge is 2.21. The van der Waals surface area contributed by atoms with Crippen molar-refractivity contribution in [1.29, 1.82) is 0 Å². The van der Waals surface area contributed by atoms with Gasteiger partial charge in [-0.05, 0) is 38.5 Å². The van der Waals surface area contributed by atoms with Crippen molar-refractivity contribution in [1.82, 2.24) is 9.55 Å². The zero-order valence-corrected chi connectivity index (χ0v) is 17.3. The zero-order chi connectivity index (χ0) is 20.5. The summed E-state index contributed by atoms with van der Waals surface area (Å²) in [5, 5.41) is 3.42. The molecule has 2 aromatic carbocycles. The molecule has 4 rings (SSSR count). The van der Waals surface area contributed by atoms with Crippen molar-refractivity contribution in [3.05, 3.63) is 81.7 Å². The minimum absolute atomic E-state index is 0.203. The molecule has 29 heavy (non-hydrogen) atoms. The maximum Gasteiger partial charge on any atom is 0.263 e. The van der Waals surface area contributed by atoms with Crippen LogP contribution in [0.3, 0.4) is 0 Å². The average molecular weight is 404 g/mol. The van der Waals surface area contributed by atoms with Crippen molar-refractivity contribution in [2.45, 2.75) is 26.8 Å². The largest absolute Gasteiger partial charge is 0.324 e. The lowest BCUT2D eigenvalue weighted by Gasteiger charge is -2.15. The smallest absolute Gasteiger partial charge is 0.263 e. The van der Waals surface area contributed by atoms with Crippen LogP contribution in [0.1, 0.15) is 23.4 Å². The first-order valence-corrected chi connectivity index (χ1v) is 10.2. The highest BCUT2D eigenvalue weighted by Crippen LogP contribution is 2.35. The van der Waals surface area contributed by atoms with Gasteiger partial charge in [0.05, 0.1) is 11.7 Å². The van der Waals surface area contributed by atoms with Crippen LogP contribution in [0.4, 0.5) is 5.69 Å². The molecular weight excluding hydrogens is 382 g/mol. The molecule has 146 valence electrons. The van der Waals surface area contributed by atoms with Crippen molar-refractivity contribution >= 4 is 33.1 Å². The molecule has 0 aliphatic carbocycles. The van der Waals surface area contributed by atoms with E-state index in [0.717, 1.165) is 21.6 Å². The second-order valence-corrected chi connectivity index (χ2v) is 8.27. The number of amides is 1. The Kier molecular flexibility index (Phi) is 5.03. The fraction of sp³-hybridized carbons (Fsp3) is 0.174. The van der Waals surface area contributed by atoms with Crippen LogP contribution in [0.2, 0.25) is 0 Å². The van der Waals surface area contributed by atoms with E-state index in [9.17, 15) is 9.59 Å². The Morgan fingerprint density at radius 1 is 1.07 bits per heavy atom. The van der Waals surface area contributed by atoms with E-state index in [1.165, 1.54) is 22.2 Å². The molecule has 6 heteroatoms. The third kappa shape index (κ3) is 3.59. The van der Waals surface area contributed by atoms with Crippen molar-refractivity contribution in [3.63, 3.8) is 0 Å². The first kappa shape index (κ1) is 19.1. The van der Waals surface area contributed by atoms with Gasteiger partial charge in [0.25, 0.3) is 5.56 Å². The lowest BCUT2D eigenvalue weighted by atomic mass is 10.0. The molecule has 1 N–H and O–H groups in total. The van der Waals surface area contributed by atoms with Crippen molar-refractivity contribution in [2.24, 2.45) is 0 Å². The van der Waals surface area contributed by atoms with Crippen molar-refractivity contribution in [3.8, 4) is 11.1 Å². The number of hydrogen-bond donors (Lipinski definition) is 1. The first-order chi connectivity index (χ1) is 14.0. The van der Waals surface area contributed by atoms with Gasteiger partial charge in [-0.1, -0.05) is 48.0 Å². The Bertz CT molecular complexity index is 1240. The van der Waals surface area contributed by atoms with Crippen LogP contribution in [-0.2, 0) is 4.79 Å². The van der Waals surface area contributed by atoms with Crippen LogP contribution in [0, 0.1) is 13.8 Å². The van der Waals surface area contributed by atoms with Gasteiger partial charge in [-0.3, -0.25) is 14.2 Å². The maximum atomic E-state index is 13.4. The Hall–Kier alpha value is -3.25. The maximum absolute atomic E-state index is 13.4. The van der Waals surface area contributed by atoms with Gasteiger partial charge < -0.3 is 5.32 Å². The van der Waals surface area contributed by atoms with Gasteiger partial charge in [0.1, 0.15) is 10.9 Å². The molecule has 1 atom stereocenters. The van der Waals surface area contributed by atoms with E-state index in [-0.39, 0.29) is 11.5 Å². The van der Waals surface area contributed by atoms with E-state index in [1.54, 1.807) is 6.92 Å². The summed E-state index contributed by atoms with van der Waals surface area (Å²) < 4.78 is 1.41. The number of carbonyl (C=O) groups is 1. The zero-order valence-electron chi connectivity index (χ0n) is 16.5. The predicted octanol–water partition coefficient (Wildman–Crippen LogP) is 4.94. The SMILES string of the molecule is Cc1ccc(-c2c(C)sc3ncn(C(C)C(=O)Nc4ccccc4)c(=O)c23)cc1. The van der Waals surface area contributed by atoms with Crippen LogP contribution < -0.4 is 10.9 Å². The summed E-state index contributed by atoms with van der Waals surface area (Å²) in [6.45, 7) is 5.73. The number of nitrogens with zero attached hydrogens (tertiary/aromatic N) is 2. The molecule has 2 heterocycles. The average Bonchev–Trinajstić information content (AvgIpc) is 3.06. The Balaban J connectivity index is 1.77. The summed E-state index contributed by atoms with van der Waals surface area (Å²) in [6.07, 6.45) is 1.47. The molecule has 0 aliphatic rings. The van der Waals surface area contributed by atoms with E-state index < -0.39 is 6.04 Å². The number of hydrogen-bond acceptors (Lipinski definition) is 4.